The number of anilines is 2. The van der Waals surface area contributed by atoms with Gasteiger partial charge in [-0.25, -0.2) is 9.97 Å². The maximum Gasteiger partial charge on any atom is 0.289 e. The van der Waals surface area contributed by atoms with Crippen LogP contribution in [0.1, 0.15) is 35.6 Å². The van der Waals surface area contributed by atoms with Crippen molar-refractivity contribution in [1.29, 1.82) is 0 Å². The third kappa shape index (κ3) is 4.43. The number of hydrogen-bond donors (Lipinski definition) is 1. The van der Waals surface area contributed by atoms with Crippen molar-refractivity contribution >= 4 is 57.9 Å². The Morgan fingerprint density at radius 3 is 2.54 bits per heavy atom. The molecule has 2 amide bonds. The molecule has 0 aliphatic carbocycles. The molecule has 1 aliphatic heterocycles. The zero-order valence-corrected chi connectivity index (χ0v) is 20.7. The first-order valence-electron chi connectivity index (χ1n) is 10.5. The summed E-state index contributed by atoms with van der Waals surface area (Å²) >= 11 is 12.2. The quantitative estimate of drug-likeness (QED) is 0.409. The van der Waals surface area contributed by atoms with Gasteiger partial charge in [0.05, 0.1) is 5.69 Å². The summed E-state index contributed by atoms with van der Waals surface area (Å²) in [6.45, 7) is 12.7. The van der Waals surface area contributed by atoms with Crippen molar-refractivity contribution in [3.63, 3.8) is 0 Å². The van der Waals surface area contributed by atoms with Crippen molar-refractivity contribution in [2.75, 3.05) is 9.80 Å². The SMILES string of the molecule is [C-]#[N+]c1ncc(N2C(=O)C(C)(C)N(c3ccc(CNC(=O)c4ncccn4)c(Cl)c3)C2=S)cc1C. The highest BCUT2D eigenvalue weighted by atomic mass is 35.5. The normalized spacial score (nSPS) is 14.7. The Bertz CT molecular complexity index is 1390. The van der Waals surface area contributed by atoms with Gasteiger partial charge in [-0.2, -0.15) is 0 Å². The van der Waals surface area contributed by atoms with E-state index >= 15 is 0 Å². The topological polar surface area (TPSA) is 95.7 Å². The molecule has 3 heterocycles. The number of carbonyl (C=O) groups excluding carboxylic acids is 2. The Morgan fingerprint density at radius 1 is 1.20 bits per heavy atom. The Labute approximate surface area is 212 Å². The van der Waals surface area contributed by atoms with Crippen LogP contribution in [-0.2, 0) is 11.3 Å². The molecule has 3 aromatic rings. The third-order valence-electron chi connectivity index (χ3n) is 5.57. The molecule has 1 N–H and O–H groups in total. The second kappa shape index (κ2) is 9.37. The number of benzene rings is 1. The zero-order valence-electron chi connectivity index (χ0n) is 19.1. The summed E-state index contributed by atoms with van der Waals surface area (Å²) in [6, 6.07) is 8.62. The second-order valence-corrected chi connectivity index (χ2v) is 9.07. The number of aromatic nitrogens is 3. The van der Waals surface area contributed by atoms with Crippen molar-refractivity contribution in [2.24, 2.45) is 0 Å². The van der Waals surface area contributed by atoms with Gasteiger partial charge in [-0.3, -0.25) is 14.5 Å². The van der Waals surface area contributed by atoms with Crippen LogP contribution in [0.5, 0.6) is 0 Å². The van der Waals surface area contributed by atoms with E-state index in [4.69, 9.17) is 30.4 Å². The molecule has 1 fully saturated rings. The molecule has 9 nitrogen and oxygen atoms in total. The fraction of sp³-hybridized carbons (Fsp3) is 0.208. The fourth-order valence-corrected chi connectivity index (χ4v) is 4.50. The average Bonchev–Trinajstić information content (AvgIpc) is 3.01. The summed E-state index contributed by atoms with van der Waals surface area (Å²) in [5.74, 6) is -0.301. The molecular formula is C24H20ClN7O2S. The maximum atomic E-state index is 13.4. The molecular weight excluding hydrogens is 486 g/mol. The molecule has 1 aromatic carbocycles. The maximum absolute atomic E-state index is 13.4. The molecule has 0 radical (unpaired) electrons. The molecule has 35 heavy (non-hydrogen) atoms. The summed E-state index contributed by atoms with van der Waals surface area (Å²) in [7, 11) is 0. The van der Waals surface area contributed by atoms with Gasteiger partial charge in [0.25, 0.3) is 17.6 Å². The lowest BCUT2D eigenvalue weighted by molar-refractivity contribution is -0.120. The van der Waals surface area contributed by atoms with E-state index in [0.29, 0.717) is 27.5 Å². The van der Waals surface area contributed by atoms with Crippen LogP contribution < -0.4 is 15.1 Å². The van der Waals surface area contributed by atoms with E-state index in [1.54, 1.807) is 56.0 Å². The smallest absolute Gasteiger partial charge is 0.289 e. The number of nitrogens with zero attached hydrogens (tertiary/aromatic N) is 6. The molecule has 1 aliphatic rings. The first-order valence-corrected chi connectivity index (χ1v) is 11.3. The minimum absolute atomic E-state index is 0.0668. The summed E-state index contributed by atoms with van der Waals surface area (Å²) in [6.07, 6.45) is 4.45. The van der Waals surface area contributed by atoms with Crippen LogP contribution in [0.15, 0.2) is 48.9 Å². The van der Waals surface area contributed by atoms with Crippen LogP contribution in [0.2, 0.25) is 5.02 Å². The Hall–Kier alpha value is -3.94. The summed E-state index contributed by atoms with van der Waals surface area (Å²) < 4.78 is 0. The third-order valence-corrected chi connectivity index (χ3v) is 6.29. The number of nitrogens with one attached hydrogen (secondary N) is 1. The van der Waals surface area contributed by atoms with Crippen molar-refractivity contribution in [3.05, 3.63) is 82.3 Å². The molecule has 176 valence electrons. The monoisotopic (exact) mass is 505 g/mol. The molecule has 2 aromatic heterocycles. The Morgan fingerprint density at radius 2 is 1.91 bits per heavy atom. The van der Waals surface area contributed by atoms with E-state index in [9.17, 15) is 9.59 Å². The standard InChI is InChI=1S/C24H20ClN7O2S/c1-14-10-17(13-29-19(14)26-4)31-22(34)24(2,3)32(23(31)35)16-7-6-15(18(25)11-16)12-30-21(33)20-27-8-5-9-28-20/h5-11,13H,12H2,1-3H3,(H,30,33). The highest BCUT2D eigenvalue weighted by Gasteiger charge is 2.50. The molecule has 0 saturated carbocycles. The number of aryl methyl sites for hydroxylation is 1. The zero-order chi connectivity index (χ0) is 25.3. The predicted molar refractivity (Wildman–Crippen MR) is 137 cm³/mol. The molecule has 0 atom stereocenters. The van der Waals surface area contributed by atoms with Crippen LogP contribution >= 0.6 is 23.8 Å². The minimum Gasteiger partial charge on any atom is -0.360 e. The summed E-state index contributed by atoms with van der Waals surface area (Å²) in [4.78, 5) is 44.1. The molecule has 4 rings (SSSR count). The lowest BCUT2D eigenvalue weighted by Gasteiger charge is -2.29. The van der Waals surface area contributed by atoms with Gasteiger partial charge in [0.2, 0.25) is 5.82 Å². The van der Waals surface area contributed by atoms with Gasteiger partial charge in [-0.15, -0.1) is 4.98 Å². The first kappa shape index (κ1) is 24.2. The lowest BCUT2D eigenvalue weighted by atomic mass is 10.0. The van der Waals surface area contributed by atoms with Gasteiger partial charge in [0.15, 0.2) is 5.11 Å². The van der Waals surface area contributed by atoms with Crippen LogP contribution in [0.3, 0.4) is 0 Å². The molecule has 0 bridgehead atoms. The van der Waals surface area contributed by atoms with E-state index in [1.807, 2.05) is 0 Å². The van der Waals surface area contributed by atoms with Gasteiger partial charge in [0.1, 0.15) is 11.7 Å². The van der Waals surface area contributed by atoms with Gasteiger partial charge in [0, 0.05) is 29.6 Å². The molecule has 0 spiro atoms. The lowest BCUT2D eigenvalue weighted by Crippen LogP contribution is -2.44. The van der Waals surface area contributed by atoms with E-state index < -0.39 is 11.4 Å². The van der Waals surface area contributed by atoms with E-state index in [0.717, 1.165) is 0 Å². The van der Waals surface area contributed by atoms with E-state index in [2.05, 4.69) is 25.1 Å². The number of carbonyl (C=O) groups is 2. The van der Waals surface area contributed by atoms with Gasteiger partial charge in [-0.1, -0.05) is 24.2 Å². The van der Waals surface area contributed by atoms with Crippen molar-refractivity contribution in [2.45, 2.75) is 32.9 Å². The van der Waals surface area contributed by atoms with Crippen LogP contribution in [0.25, 0.3) is 4.85 Å². The van der Waals surface area contributed by atoms with Crippen molar-refractivity contribution < 1.29 is 9.59 Å². The largest absolute Gasteiger partial charge is 0.360 e. The van der Waals surface area contributed by atoms with Gasteiger partial charge < -0.3 is 15.1 Å². The summed E-state index contributed by atoms with van der Waals surface area (Å²) in [5, 5.41) is 3.42. The Kier molecular flexibility index (Phi) is 6.47. The number of pyridine rings is 1. The van der Waals surface area contributed by atoms with Gasteiger partial charge in [-0.05, 0) is 68.4 Å². The number of halogens is 1. The number of amides is 2. The van der Waals surface area contributed by atoms with E-state index in [1.165, 1.54) is 23.5 Å². The van der Waals surface area contributed by atoms with Crippen molar-refractivity contribution in [3.8, 4) is 0 Å². The first-order chi connectivity index (χ1) is 16.6. The van der Waals surface area contributed by atoms with E-state index in [-0.39, 0.29) is 29.2 Å². The molecule has 0 unspecified atom stereocenters. The van der Waals surface area contributed by atoms with Crippen molar-refractivity contribution in [1.82, 2.24) is 20.3 Å². The van der Waals surface area contributed by atoms with Crippen LogP contribution in [0, 0.1) is 13.5 Å². The second-order valence-electron chi connectivity index (χ2n) is 8.29. The highest BCUT2D eigenvalue weighted by molar-refractivity contribution is 7.81. The minimum atomic E-state index is -0.993. The molecule has 1 saturated heterocycles. The fourth-order valence-electron chi connectivity index (χ4n) is 3.74. The Balaban J connectivity index is 1.58. The number of rotatable bonds is 5. The summed E-state index contributed by atoms with van der Waals surface area (Å²) in [5.41, 5.74) is 1.46. The van der Waals surface area contributed by atoms with Crippen LogP contribution in [-0.4, -0.2) is 37.4 Å². The molecule has 11 heteroatoms. The predicted octanol–water partition coefficient (Wildman–Crippen LogP) is 4.23. The van der Waals surface area contributed by atoms with Crippen LogP contribution in [0.4, 0.5) is 17.2 Å². The highest BCUT2D eigenvalue weighted by Crippen LogP contribution is 2.38. The average molecular weight is 506 g/mol. The number of hydrogen-bond acceptors (Lipinski definition) is 6. The van der Waals surface area contributed by atoms with Gasteiger partial charge >= 0.3 is 0 Å². The number of thiocarbonyl (C=S) groups is 1.